The summed E-state index contributed by atoms with van der Waals surface area (Å²) in [6.07, 6.45) is 5.85. The molecule has 4 nitrogen and oxygen atoms in total. The molecule has 2 atom stereocenters. The summed E-state index contributed by atoms with van der Waals surface area (Å²) >= 11 is 1.61. The number of hydrogen-bond acceptors (Lipinski definition) is 4. The summed E-state index contributed by atoms with van der Waals surface area (Å²) in [5.74, 6) is 2.37. The number of rotatable bonds is 3. The quantitative estimate of drug-likeness (QED) is 0.863. The van der Waals surface area contributed by atoms with Crippen LogP contribution in [0.1, 0.15) is 12.8 Å². The molecule has 0 saturated carbocycles. The molecule has 3 heterocycles. The average molecular weight is 328 g/mol. The summed E-state index contributed by atoms with van der Waals surface area (Å²) in [7, 11) is 0. The number of amides is 1. The number of halogens is 1. The van der Waals surface area contributed by atoms with E-state index in [2.05, 4.69) is 15.2 Å². The molecule has 0 spiro atoms. The van der Waals surface area contributed by atoms with Gasteiger partial charge in [-0.15, -0.1) is 24.2 Å². The molecule has 1 aromatic rings. The van der Waals surface area contributed by atoms with Crippen molar-refractivity contribution in [1.29, 1.82) is 0 Å². The maximum atomic E-state index is 12.3. The summed E-state index contributed by atoms with van der Waals surface area (Å²) in [6.45, 7) is 4.13. The summed E-state index contributed by atoms with van der Waals surface area (Å²) < 4.78 is 0. The van der Waals surface area contributed by atoms with E-state index in [4.69, 9.17) is 0 Å². The Labute approximate surface area is 136 Å². The van der Waals surface area contributed by atoms with Crippen LogP contribution in [0.15, 0.2) is 29.4 Å². The topological polar surface area (TPSA) is 45.2 Å². The largest absolute Gasteiger partial charge is 0.342 e. The van der Waals surface area contributed by atoms with Crippen LogP contribution >= 0.6 is 24.2 Å². The molecule has 0 radical (unpaired) electrons. The third-order valence-electron chi connectivity index (χ3n) is 4.38. The van der Waals surface area contributed by atoms with E-state index in [1.165, 1.54) is 0 Å². The SMILES string of the molecule is Cl.O=C(CSc1ccncc1)N1CC[C@@H]2CNC[C@@H]2CC1. The van der Waals surface area contributed by atoms with Gasteiger partial charge in [0.1, 0.15) is 0 Å². The number of carbonyl (C=O) groups is 1. The Hall–Kier alpha value is -0.780. The van der Waals surface area contributed by atoms with Crippen LogP contribution in [0.2, 0.25) is 0 Å². The van der Waals surface area contributed by atoms with Crippen molar-refractivity contribution in [2.45, 2.75) is 17.7 Å². The summed E-state index contributed by atoms with van der Waals surface area (Å²) in [4.78, 5) is 19.5. The molecule has 0 aromatic carbocycles. The zero-order valence-electron chi connectivity index (χ0n) is 12.0. The van der Waals surface area contributed by atoms with Crippen molar-refractivity contribution in [3.05, 3.63) is 24.5 Å². The number of likely N-dealkylation sites (tertiary alicyclic amines) is 1. The number of fused-ring (bicyclic) bond motifs is 1. The monoisotopic (exact) mass is 327 g/mol. The fraction of sp³-hybridized carbons (Fsp3) is 0.600. The van der Waals surface area contributed by atoms with E-state index in [9.17, 15) is 4.79 Å². The van der Waals surface area contributed by atoms with Crippen molar-refractivity contribution in [2.24, 2.45) is 11.8 Å². The maximum absolute atomic E-state index is 12.3. The van der Waals surface area contributed by atoms with E-state index in [0.717, 1.165) is 55.8 Å². The van der Waals surface area contributed by atoms with Gasteiger partial charge in [0.05, 0.1) is 5.75 Å². The minimum absolute atomic E-state index is 0. The number of carbonyl (C=O) groups excluding carboxylic acids is 1. The predicted molar refractivity (Wildman–Crippen MR) is 87.9 cm³/mol. The van der Waals surface area contributed by atoms with E-state index in [0.29, 0.717) is 5.75 Å². The smallest absolute Gasteiger partial charge is 0.232 e. The molecule has 0 aliphatic carbocycles. The third-order valence-corrected chi connectivity index (χ3v) is 5.38. The third kappa shape index (κ3) is 4.34. The lowest BCUT2D eigenvalue weighted by Gasteiger charge is -2.20. The highest BCUT2D eigenvalue weighted by Crippen LogP contribution is 2.27. The molecular weight excluding hydrogens is 306 g/mol. The standard InChI is InChI=1S/C15H21N3OS.ClH/c19-15(11-20-14-1-5-16-6-2-14)18-7-3-12-9-17-10-13(12)4-8-18;/h1-2,5-6,12-13,17H,3-4,7-11H2;1H/t12-,13+;. The lowest BCUT2D eigenvalue weighted by atomic mass is 9.92. The Morgan fingerprint density at radius 1 is 1.24 bits per heavy atom. The van der Waals surface area contributed by atoms with E-state index < -0.39 is 0 Å². The molecule has 1 N–H and O–H groups in total. The van der Waals surface area contributed by atoms with Crippen LogP contribution in [0.3, 0.4) is 0 Å². The Morgan fingerprint density at radius 2 is 1.86 bits per heavy atom. The lowest BCUT2D eigenvalue weighted by molar-refractivity contribution is -0.128. The Morgan fingerprint density at radius 3 is 2.48 bits per heavy atom. The van der Waals surface area contributed by atoms with Crippen LogP contribution in [0.5, 0.6) is 0 Å². The Bertz CT molecular complexity index is 445. The predicted octanol–water partition coefficient (Wildman–Crippen LogP) is 2.05. The summed E-state index contributed by atoms with van der Waals surface area (Å²) in [6, 6.07) is 3.91. The number of aromatic nitrogens is 1. The van der Waals surface area contributed by atoms with E-state index >= 15 is 0 Å². The van der Waals surface area contributed by atoms with Crippen LogP contribution in [-0.2, 0) is 4.79 Å². The second-order valence-corrected chi connectivity index (χ2v) is 6.66. The Kier molecular flexibility index (Phi) is 6.33. The first-order valence-corrected chi connectivity index (χ1v) is 8.33. The second-order valence-electron chi connectivity index (χ2n) is 5.61. The van der Waals surface area contributed by atoms with Gasteiger partial charge in [-0.2, -0.15) is 0 Å². The first-order chi connectivity index (χ1) is 9.83. The van der Waals surface area contributed by atoms with Crippen LogP contribution in [-0.4, -0.2) is 47.7 Å². The van der Waals surface area contributed by atoms with Crippen molar-refractivity contribution in [1.82, 2.24) is 15.2 Å². The zero-order valence-corrected chi connectivity index (χ0v) is 13.7. The molecule has 2 aliphatic rings. The summed E-state index contributed by atoms with van der Waals surface area (Å²) in [5.41, 5.74) is 0. The van der Waals surface area contributed by atoms with Gasteiger partial charge in [0.25, 0.3) is 0 Å². The molecule has 0 bridgehead atoms. The van der Waals surface area contributed by atoms with E-state index in [-0.39, 0.29) is 18.3 Å². The highest BCUT2D eigenvalue weighted by atomic mass is 35.5. The van der Waals surface area contributed by atoms with Gasteiger partial charge in [-0.25, -0.2) is 0 Å². The first kappa shape index (κ1) is 16.6. The molecule has 21 heavy (non-hydrogen) atoms. The second kappa shape index (κ2) is 8.01. The van der Waals surface area contributed by atoms with Crippen molar-refractivity contribution >= 4 is 30.1 Å². The molecule has 0 unspecified atom stereocenters. The summed E-state index contributed by atoms with van der Waals surface area (Å²) in [5, 5.41) is 3.47. The zero-order chi connectivity index (χ0) is 13.8. The molecule has 6 heteroatoms. The molecule has 116 valence electrons. The van der Waals surface area contributed by atoms with Crippen molar-refractivity contribution in [2.75, 3.05) is 31.9 Å². The van der Waals surface area contributed by atoms with E-state index in [1.807, 2.05) is 12.1 Å². The highest BCUT2D eigenvalue weighted by molar-refractivity contribution is 8.00. The molecule has 1 aromatic heterocycles. The van der Waals surface area contributed by atoms with Gasteiger partial charge >= 0.3 is 0 Å². The van der Waals surface area contributed by atoms with Gasteiger partial charge < -0.3 is 10.2 Å². The molecule has 2 aliphatic heterocycles. The van der Waals surface area contributed by atoms with Gasteiger partial charge in [-0.05, 0) is 49.9 Å². The normalized spacial score (nSPS) is 24.9. The lowest BCUT2D eigenvalue weighted by Crippen LogP contribution is -2.34. The van der Waals surface area contributed by atoms with Crippen molar-refractivity contribution in [3.8, 4) is 0 Å². The van der Waals surface area contributed by atoms with Crippen LogP contribution in [0.25, 0.3) is 0 Å². The van der Waals surface area contributed by atoms with E-state index in [1.54, 1.807) is 24.2 Å². The Balaban J connectivity index is 0.00000161. The number of nitrogens with zero attached hydrogens (tertiary/aromatic N) is 2. The maximum Gasteiger partial charge on any atom is 0.232 e. The van der Waals surface area contributed by atoms with Gasteiger partial charge in [0.15, 0.2) is 0 Å². The highest BCUT2D eigenvalue weighted by Gasteiger charge is 2.31. The van der Waals surface area contributed by atoms with Crippen LogP contribution in [0.4, 0.5) is 0 Å². The average Bonchev–Trinajstić information content (AvgIpc) is 2.84. The molecule has 1 amide bonds. The molecular formula is C15H22ClN3OS. The molecule has 2 fully saturated rings. The first-order valence-electron chi connectivity index (χ1n) is 7.34. The van der Waals surface area contributed by atoms with Crippen LogP contribution < -0.4 is 5.32 Å². The van der Waals surface area contributed by atoms with Gasteiger partial charge in [0, 0.05) is 30.4 Å². The fourth-order valence-electron chi connectivity index (χ4n) is 3.14. The number of hydrogen-bond donors (Lipinski definition) is 1. The molecule has 3 rings (SSSR count). The number of thioether (sulfide) groups is 1. The minimum atomic E-state index is 0. The van der Waals surface area contributed by atoms with Crippen LogP contribution in [0, 0.1) is 11.8 Å². The van der Waals surface area contributed by atoms with Gasteiger partial charge in [-0.3, -0.25) is 9.78 Å². The van der Waals surface area contributed by atoms with Crippen molar-refractivity contribution < 1.29 is 4.79 Å². The van der Waals surface area contributed by atoms with Crippen molar-refractivity contribution in [3.63, 3.8) is 0 Å². The number of nitrogens with one attached hydrogen (secondary N) is 1. The number of pyridine rings is 1. The van der Waals surface area contributed by atoms with Gasteiger partial charge in [-0.1, -0.05) is 0 Å². The molecule has 2 saturated heterocycles. The fourth-order valence-corrected chi connectivity index (χ4v) is 3.93. The minimum Gasteiger partial charge on any atom is -0.342 e. The van der Waals surface area contributed by atoms with Gasteiger partial charge in [0.2, 0.25) is 5.91 Å².